The molecule has 1 aliphatic rings. The lowest BCUT2D eigenvalue weighted by Crippen LogP contribution is -2.39. The lowest BCUT2D eigenvalue weighted by molar-refractivity contribution is 0.0678. The third kappa shape index (κ3) is 2.71. The molecule has 5 heteroatoms. The Morgan fingerprint density at radius 2 is 2.11 bits per heavy atom. The van der Waals surface area contributed by atoms with E-state index in [0.717, 1.165) is 18.9 Å². The molecule has 1 atom stereocenters. The van der Waals surface area contributed by atoms with Gasteiger partial charge < -0.3 is 4.90 Å². The standard InChI is InChI=1S/C13H14BrF2NO/c1-8-3-2-4-17(7-8)13(18)9-5-10(14)12(16)6-11(9)15/h5-6,8H,2-4,7H2,1H3. The van der Waals surface area contributed by atoms with Crippen molar-refractivity contribution >= 4 is 21.8 Å². The maximum atomic E-state index is 13.6. The van der Waals surface area contributed by atoms with Crippen LogP contribution in [0.4, 0.5) is 8.78 Å². The maximum absolute atomic E-state index is 13.6. The van der Waals surface area contributed by atoms with E-state index in [1.54, 1.807) is 4.90 Å². The number of likely N-dealkylation sites (tertiary alicyclic amines) is 1. The number of hydrogen-bond acceptors (Lipinski definition) is 1. The number of benzene rings is 1. The SMILES string of the molecule is CC1CCCN(C(=O)c2cc(Br)c(F)cc2F)C1. The van der Waals surface area contributed by atoms with E-state index in [2.05, 4.69) is 22.9 Å². The second-order valence-corrected chi connectivity index (χ2v) is 5.60. The molecule has 0 spiro atoms. The summed E-state index contributed by atoms with van der Waals surface area (Å²) in [6.07, 6.45) is 2.01. The van der Waals surface area contributed by atoms with E-state index in [1.807, 2.05) is 0 Å². The van der Waals surface area contributed by atoms with Crippen LogP contribution < -0.4 is 0 Å². The highest BCUT2D eigenvalue weighted by Crippen LogP contribution is 2.23. The van der Waals surface area contributed by atoms with Gasteiger partial charge in [0.1, 0.15) is 11.6 Å². The predicted molar refractivity (Wildman–Crippen MR) is 68.4 cm³/mol. The third-order valence-corrected chi connectivity index (χ3v) is 3.79. The van der Waals surface area contributed by atoms with Gasteiger partial charge in [-0.2, -0.15) is 0 Å². The van der Waals surface area contributed by atoms with Gasteiger partial charge in [0, 0.05) is 19.2 Å². The van der Waals surface area contributed by atoms with Crippen LogP contribution in [0.5, 0.6) is 0 Å². The third-order valence-electron chi connectivity index (χ3n) is 3.18. The zero-order valence-corrected chi connectivity index (χ0v) is 11.6. The predicted octanol–water partition coefficient (Wildman–Crippen LogP) is 3.60. The van der Waals surface area contributed by atoms with Crippen molar-refractivity contribution in [2.45, 2.75) is 19.8 Å². The van der Waals surface area contributed by atoms with Crippen molar-refractivity contribution in [2.24, 2.45) is 5.92 Å². The first-order valence-corrected chi connectivity index (χ1v) is 6.72. The van der Waals surface area contributed by atoms with Gasteiger partial charge in [0.25, 0.3) is 5.91 Å². The first-order chi connectivity index (χ1) is 8.49. The topological polar surface area (TPSA) is 20.3 Å². The van der Waals surface area contributed by atoms with Crippen molar-refractivity contribution in [2.75, 3.05) is 13.1 Å². The molecule has 0 aliphatic carbocycles. The molecule has 2 rings (SSSR count). The Morgan fingerprint density at radius 3 is 2.78 bits per heavy atom. The Morgan fingerprint density at radius 1 is 1.39 bits per heavy atom. The molecule has 0 saturated carbocycles. The van der Waals surface area contributed by atoms with Crippen molar-refractivity contribution < 1.29 is 13.6 Å². The summed E-state index contributed by atoms with van der Waals surface area (Å²) in [7, 11) is 0. The van der Waals surface area contributed by atoms with Crippen molar-refractivity contribution in [3.8, 4) is 0 Å². The van der Waals surface area contributed by atoms with E-state index in [4.69, 9.17) is 0 Å². The molecule has 18 heavy (non-hydrogen) atoms. The summed E-state index contributed by atoms with van der Waals surface area (Å²) >= 11 is 2.97. The van der Waals surface area contributed by atoms with Gasteiger partial charge in [-0.05, 0) is 40.8 Å². The van der Waals surface area contributed by atoms with Crippen LogP contribution in [0.1, 0.15) is 30.1 Å². The zero-order chi connectivity index (χ0) is 13.3. The van der Waals surface area contributed by atoms with E-state index >= 15 is 0 Å². The lowest BCUT2D eigenvalue weighted by Gasteiger charge is -2.31. The molecule has 1 saturated heterocycles. The molecule has 0 radical (unpaired) electrons. The largest absolute Gasteiger partial charge is 0.338 e. The minimum absolute atomic E-state index is 0.0719. The molecule has 1 amide bonds. The number of amides is 1. The quantitative estimate of drug-likeness (QED) is 0.725. The first-order valence-electron chi connectivity index (χ1n) is 5.93. The average molecular weight is 318 g/mol. The van der Waals surface area contributed by atoms with E-state index in [9.17, 15) is 13.6 Å². The normalized spacial score (nSPS) is 20.0. The van der Waals surface area contributed by atoms with Gasteiger partial charge in [0.2, 0.25) is 0 Å². The second kappa shape index (κ2) is 5.34. The van der Waals surface area contributed by atoms with Crippen LogP contribution in [-0.4, -0.2) is 23.9 Å². The Bertz CT molecular complexity index is 478. The van der Waals surface area contributed by atoms with Crippen molar-refractivity contribution in [3.05, 3.63) is 33.8 Å². The lowest BCUT2D eigenvalue weighted by atomic mass is 9.99. The van der Waals surface area contributed by atoms with Crippen LogP contribution in [0, 0.1) is 17.6 Å². The molecule has 1 unspecified atom stereocenters. The Labute approximate surface area is 113 Å². The highest BCUT2D eigenvalue weighted by atomic mass is 79.9. The van der Waals surface area contributed by atoms with Crippen molar-refractivity contribution in [3.63, 3.8) is 0 Å². The minimum Gasteiger partial charge on any atom is -0.338 e. The average Bonchev–Trinajstić information content (AvgIpc) is 2.33. The number of piperidine rings is 1. The molecule has 98 valence electrons. The smallest absolute Gasteiger partial charge is 0.256 e. The fourth-order valence-electron chi connectivity index (χ4n) is 2.23. The second-order valence-electron chi connectivity index (χ2n) is 4.74. The van der Waals surface area contributed by atoms with Gasteiger partial charge in [0.05, 0.1) is 10.0 Å². The number of carbonyl (C=O) groups is 1. The number of halogens is 3. The molecule has 1 heterocycles. The number of hydrogen-bond donors (Lipinski definition) is 0. The van der Waals surface area contributed by atoms with E-state index in [0.29, 0.717) is 19.0 Å². The van der Waals surface area contributed by atoms with Crippen LogP contribution in [0.15, 0.2) is 16.6 Å². The molecule has 2 nitrogen and oxygen atoms in total. The molecule has 0 aromatic heterocycles. The Kier molecular flexibility index (Phi) is 4.00. The minimum atomic E-state index is -0.807. The van der Waals surface area contributed by atoms with Gasteiger partial charge in [-0.25, -0.2) is 8.78 Å². The van der Waals surface area contributed by atoms with Gasteiger partial charge in [-0.15, -0.1) is 0 Å². The first kappa shape index (κ1) is 13.5. The van der Waals surface area contributed by atoms with Crippen molar-refractivity contribution in [1.29, 1.82) is 0 Å². The van der Waals surface area contributed by atoms with Crippen LogP contribution in [0.25, 0.3) is 0 Å². The van der Waals surface area contributed by atoms with Gasteiger partial charge in [0.15, 0.2) is 0 Å². The summed E-state index contributed by atoms with van der Waals surface area (Å²) in [5.74, 6) is -1.44. The van der Waals surface area contributed by atoms with Crippen molar-refractivity contribution in [1.82, 2.24) is 4.90 Å². The molecule has 1 aromatic rings. The summed E-state index contributed by atoms with van der Waals surface area (Å²) in [6, 6.07) is 1.96. The highest BCUT2D eigenvalue weighted by Gasteiger charge is 2.24. The molecule has 1 fully saturated rings. The molecule has 1 aromatic carbocycles. The molecule has 1 aliphatic heterocycles. The van der Waals surface area contributed by atoms with E-state index < -0.39 is 11.6 Å². The molecular formula is C13H14BrF2NO. The number of carbonyl (C=O) groups excluding carboxylic acids is 1. The number of nitrogens with zero attached hydrogens (tertiary/aromatic N) is 1. The Balaban J connectivity index is 2.25. The summed E-state index contributed by atoms with van der Waals surface area (Å²) in [6.45, 7) is 3.33. The highest BCUT2D eigenvalue weighted by molar-refractivity contribution is 9.10. The number of rotatable bonds is 1. The van der Waals surface area contributed by atoms with Crippen LogP contribution in [-0.2, 0) is 0 Å². The summed E-state index contributed by atoms with van der Waals surface area (Å²) in [4.78, 5) is 13.8. The Hall–Kier alpha value is -0.970. The van der Waals surface area contributed by atoms with Crippen LogP contribution >= 0.6 is 15.9 Å². The van der Waals surface area contributed by atoms with Gasteiger partial charge in [-0.1, -0.05) is 6.92 Å². The van der Waals surface area contributed by atoms with E-state index in [1.165, 1.54) is 6.07 Å². The summed E-state index contributed by atoms with van der Waals surface area (Å²) in [5.41, 5.74) is -0.0719. The van der Waals surface area contributed by atoms with Crippen LogP contribution in [0.2, 0.25) is 0 Å². The molecule has 0 N–H and O–H groups in total. The summed E-state index contributed by atoms with van der Waals surface area (Å²) < 4.78 is 26.8. The fourth-order valence-corrected chi connectivity index (χ4v) is 2.57. The monoisotopic (exact) mass is 317 g/mol. The van der Waals surface area contributed by atoms with E-state index in [-0.39, 0.29) is 15.9 Å². The fraction of sp³-hybridized carbons (Fsp3) is 0.462. The molecule has 0 bridgehead atoms. The zero-order valence-electron chi connectivity index (χ0n) is 10.0. The van der Waals surface area contributed by atoms with Gasteiger partial charge >= 0.3 is 0 Å². The molecular weight excluding hydrogens is 304 g/mol. The van der Waals surface area contributed by atoms with Crippen LogP contribution in [0.3, 0.4) is 0 Å². The maximum Gasteiger partial charge on any atom is 0.256 e. The summed E-state index contributed by atoms with van der Waals surface area (Å²) in [5, 5.41) is 0. The van der Waals surface area contributed by atoms with Gasteiger partial charge in [-0.3, -0.25) is 4.79 Å².